The Balaban J connectivity index is 0.956. The molecule has 4 atom stereocenters. The van der Waals surface area contributed by atoms with Gasteiger partial charge in [-0.2, -0.15) is 17.5 Å². The molecule has 0 radical (unpaired) electrons. The number of thiophene rings is 6. The van der Waals surface area contributed by atoms with Gasteiger partial charge in [0.05, 0.1) is 28.3 Å². The van der Waals surface area contributed by atoms with E-state index in [1.54, 1.807) is 10.4 Å². The number of unbranched alkanes of at least 4 members (excludes halogenated alkanes) is 4. The maximum absolute atomic E-state index is 5.42. The van der Waals surface area contributed by atoms with E-state index < -0.39 is 8.07 Å². The number of hydrogen-bond donors (Lipinski definition) is 0. The van der Waals surface area contributed by atoms with Gasteiger partial charge < -0.3 is 0 Å². The number of aromatic nitrogens is 5. The minimum atomic E-state index is -2.36. The van der Waals surface area contributed by atoms with Crippen molar-refractivity contribution in [3.05, 3.63) is 88.7 Å². The van der Waals surface area contributed by atoms with Crippen LogP contribution in [0, 0.1) is 23.7 Å². The van der Waals surface area contributed by atoms with Crippen LogP contribution in [0.3, 0.4) is 0 Å². The second kappa shape index (κ2) is 27.2. The van der Waals surface area contributed by atoms with Gasteiger partial charge in [0.1, 0.15) is 35.8 Å². The van der Waals surface area contributed by atoms with Crippen molar-refractivity contribution in [1.29, 1.82) is 0 Å². The van der Waals surface area contributed by atoms with Crippen molar-refractivity contribution in [1.82, 2.24) is 22.5 Å². The minimum Gasteiger partial charge on any atom is -0.252 e. The van der Waals surface area contributed by atoms with Crippen LogP contribution in [0.1, 0.15) is 168 Å². The van der Waals surface area contributed by atoms with Gasteiger partial charge in [0, 0.05) is 76.5 Å². The van der Waals surface area contributed by atoms with Gasteiger partial charge >= 0.3 is 0 Å². The summed E-state index contributed by atoms with van der Waals surface area (Å²) in [5.74, 6) is 2.92. The van der Waals surface area contributed by atoms with Crippen molar-refractivity contribution in [2.45, 2.75) is 183 Å². The molecule has 1 aliphatic rings. The lowest BCUT2D eigenvalue weighted by Gasteiger charge is -2.35. The highest BCUT2D eigenvalue weighted by Crippen LogP contribution is 2.51. The van der Waals surface area contributed by atoms with E-state index in [0.717, 1.165) is 45.2 Å². The van der Waals surface area contributed by atoms with E-state index in [0.29, 0.717) is 11.8 Å². The number of pyridine rings is 1. The summed E-state index contributed by atoms with van der Waals surface area (Å²) >= 11 is 14.4. The highest BCUT2D eigenvalue weighted by Gasteiger charge is 2.50. The molecular weight excluding hydrogens is 1160 g/mol. The summed E-state index contributed by atoms with van der Waals surface area (Å²) in [6, 6.07) is 31.3. The first-order valence-corrected chi connectivity index (χ1v) is 39.5. The summed E-state index contributed by atoms with van der Waals surface area (Å²) in [6.45, 7) is 19.0. The van der Waals surface area contributed by atoms with Crippen LogP contribution in [0.5, 0.6) is 0 Å². The van der Waals surface area contributed by atoms with Crippen LogP contribution in [-0.2, 0) is 12.8 Å². The molecule has 1 aromatic carbocycles. The molecule has 10 heterocycles. The van der Waals surface area contributed by atoms with Crippen molar-refractivity contribution < 1.29 is 0 Å². The summed E-state index contributed by atoms with van der Waals surface area (Å²) in [5, 5.41) is 3.35. The largest absolute Gasteiger partial charge is 0.252 e. The molecule has 0 amide bonds. The van der Waals surface area contributed by atoms with Crippen LogP contribution in [0.2, 0.25) is 12.1 Å². The average molecular weight is 1240 g/mol. The Hall–Kier alpha value is -3.57. The highest BCUT2D eigenvalue weighted by atomic mass is 32.1. The van der Waals surface area contributed by atoms with E-state index in [9.17, 15) is 0 Å². The molecule has 10 aromatic rings. The Morgan fingerprint density at radius 2 is 0.778 bits per heavy atom. The second-order valence-corrected chi connectivity index (χ2v) is 35.0. The maximum Gasteiger partial charge on any atom is 0.132 e. The fourth-order valence-corrected chi connectivity index (χ4v) is 29.0. The number of benzene rings is 1. The van der Waals surface area contributed by atoms with Gasteiger partial charge in [-0.15, -0.1) is 68.0 Å². The molecule has 0 fully saturated rings. The maximum atomic E-state index is 5.42. The summed E-state index contributed by atoms with van der Waals surface area (Å²) < 4.78 is 20.3. The zero-order valence-electron chi connectivity index (χ0n) is 49.0. The Morgan fingerprint density at radius 3 is 1.27 bits per heavy atom. The molecule has 0 aliphatic carbocycles. The monoisotopic (exact) mass is 1240 g/mol. The molecule has 426 valence electrons. The van der Waals surface area contributed by atoms with E-state index in [1.165, 1.54) is 221 Å². The topological polar surface area (TPSA) is 64.5 Å². The van der Waals surface area contributed by atoms with Crippen LogP contribution in [0.15, 0.2) is 79.0 Å². The molecule has 81 heavy (non-hydrogen) atoms. The van der Waals surface area contributed by atoms with E-state index in [-0.39, 0.29) is 0 Å². The molecule has 0 saturated carbocycles. The Bertz CT molecular complexity index is 3410. The van der Waals surface area contributed by atoms with Gasteiger partial charge in [-0.05, 0) is 120 Å². The summed E-state index contributed by atoms with van der Waals surface area (Å²) in [4.78, 5) is 21.9. The summed E-state index contributed by atoms with van der Waals surface area (Å²) in [6.07, 6.45) is 25.0. The fourth-order valence-electron chi connectivity index (χ4n) is 12.9. The highest BCUT2D eigenvalue weighted by molar-refractivity contribution is 7.32. The Morgan fingerprint density at radius 1 is 0.383 bits per heavy atom. The van der Waals surface area contributed by atoms with E-state index in [1.807, 2.05) is 68.0 Å². The van der Waals surface area contributed by atoms with Gasteiger partial charge in [0.15, 0.2) is 0 Å². The molecule has 4 unspecified atom stereocenters. The number of fused-ring (bicyclic) bond motifs is 5. The average Bonchev–Trinajstić information content (AvgIpc) is 4.52. The SMILES string of the molecule is CCCCC(CC)Cc1ccc(-c2ccc(-c3ccc(-c4cc5c(s4)-c4sc(-c6ncc(-c7ccc(-c8ccc(CC(CC)CCCC)s8)s7)c7nsnc67)cc4[Si]5(CC(CC)CCCC)CC(CC)CCCC)c4nsnc34)s2)s1. The van der Waals surface area contributed by atoms with Crippen molar-refractivity contribution in [2.75, 3.05) is 0 Å². The molecule has 14 heteroatoms. The molecule has 0 saturated heterocycles. The summed E-state index contributed by atoms with van der Waals surface area (Å²) in [7, 11) is -2.36. The van der Waals surface area contributed by atoms with Crippen LogP contribution in [0.4, 0.5) is 0 Å². The van der Waals surface area contributed by atoms with Crippen molar-refractivity contribution in [3.63, 3.8) is 0 Å². The zero-order valence-corrected chi connectivity index (χ0v) is 56.5. The quantitative estimate of drug-likeness (QED) is 0.0420. The third-order valence-electron chi connectivity index (χ3n) is 17.9. The van der Waals surface area contributed by atoms with E-state index >= 15 is 0 Å². The molecule has 9 aromatic heterocycles. The lowest BCUT2D eigenvalue weighted by atomic mass is 9.95. The minimum absolute atomic E-state index is 0.692. The predicted octanol–water partition coefficient (Wildman–Crippen LogP) is 23.0. The molecular formula is C67H81N5S8Si. The molecule has 5 nitrogen and oxygen atoms in total. The van der Waals surface area contributed by atoms with Crippen LogP contribution < -0.4 is 10.4 Å². The van der Waals surface area contributed by atoms with Gasteiger partial charge in [0.2, 0.25) is 0 Å². The predicted molar refractivity (Wildman–Crippen MR) is 367 cm³/mol. The van der Waals surface area contributed by atoms with Crippen LogP contribution >= 0.6 is 91.5 Å². The molecule has 1 aliphatic heterocycles. The third kappa shape index (κ3) is 12.4. The number of nitrogens with zero attached hydrogens (tertiary/aromatic N) is 5. The fraction of sp³-hybridized carbons (Fsp3) is 0.478. The second-order valence-electron chi connectivity index (χ2n) is 23.2. The normalized spacial score (nSPS) is 15.8. The Kier molecular flexibility index (Phi) is 19.9. The Labute approximate surface area is 516 Å². The van der Waals surface area contributed by atoms with E-state index in [4.69, 9.17) is 22.5 Å². The third-order valence-corrected chi connectivity index (χ3v) is 32.0. The van der Waals surface area contributed by atoms with Crippen LogP contribution in [0.25, 0.3) is 93.2 Å². The zero-order chi connectivity index (χ0) is 56.0. The molecule has 0 N–H and O–H groups in total. The standard InChI is InChI=1S/C67H81N5S8Si/c1-9-17-21-42(13-5)35-46-25-29-53(73-46)55-33-31-51(75-55)48-27-28-49(62-61(48)69-79-70-62)57-37-59-66(77-57)67-60(81(59,40-44(15-7)23-19-11-3)41-45(16-8)24-20-12-4)38-58(78-67)64-65-63(71-80-72-65)50(39-68-64)52-32-34-56(76-52)54-30-26-47(74-54)36-43(14-6)22-18-10-2/h25-34,37-39,42-45H,9-24,35-36,40-41H2,1-8H3. The first kappa shape index (κ1) is 59.2. The van der Waals surface area contributed by atoms with Crippen LogP contribution in [-0.4, -0.2) is 30.6 Å². The first-order chi connectivity index (χ1) is 39.7. The van der Waals surface area contributed by atoms with Crippen molar-refractivity contribution in [3.8, 4) is 71.2 Å². The van der Waals surface area contributed by atoms with Gasteiger partial charge in [-0.3, -0.25) is 4.98 Å². The smallest absolute Gasteiger partial charge is 0.132 e. The lowest BCUT2D eigenvalue weighted by Crippen LogP contribution is -2.56. The number of rotatable bonds is 30. The van der Waals surface area contributed by atoms with Gasteiger partial charge in [-0.1, -0.05) is 170 Å². The van der Waals surface area contributed by atoms with Crippen molar-refractivity contribution in [2.24, 2.45) is 23.7 Å². The lowest BCUT2D eigenvalue weighted by molar-refractivity contribution is 0.452. The molecule has 0 bridgehead atoms. The number of hydrogen-bond acceptors (Lipinski definition) is 13. The van der Waals surface area contributed by atoms with Gasteiger partial charge in [-0.25, -0.2) is 0 Å². The van der Waals surface area contributed by atoms with Gasteiger partial charge in [0.25, 0.3) is 0 Å². The van der Waals surface area contributed by atoms with Crippen molar-refractivity contribution >= 4 is 132 Å². The van der Waals surface area contributed by atoms with E-state index in [2.05, 4.69) is 134 Å². The summed E-state index contributed by atoms with van der Waals surface area (Å²) in [5.41, 5.74) is 8.47. The molecule has 11 rings (SSSR count). The first-order valence-electron chi connectivity index (χ1n) is 30.8. The molecule has 0 spiro atoms.